The minimum Gasteiger partial charge on any atom is -0.450 e. The number of carbonyl (C=O) groups is 3. The maximum Gasteiger partial charge on any atom is 0.506 e. The first-order chi connectivity index (χ1) is 8.33. The summed E-state index contributed by atoms with van der Waals surface area (Å²) in [6.45, 7) is -0.959. The lowest BCUT2D eigenvalue weighted by atomic mass is 10.0. The topological polar surface area (TPSA) is 171 Å². The molecule has 0 unspecified atom stereocenters. The molecule has 0 aromatic heterocycles. The highest BCUT2D eigenvalue weighted by molar-refractivity contribution is 5.66. The van der Waals surface area contributed by atoms with Crippen LogP contribution >= 0.6 is 0 Å². The van der Waals surface area contributed by atoms with Gasteiger partial charge in [-0.2, -0.15) is 0 Å². The van der Waals surface area contributed by atoms with E-state index in [0.29, 0.717) is 0 Å². The fourth-order valence-corrected chi connectivity index (χ4v) is 1.06. The van der Waals surface area contributed by atoms with Crippen LogP contribution in [-0.4, -0.2) is 75.2 Å². The first-order valence-electron chi connectivity index (χ1n) is 4.55. The number of carbonyl (C=O) groups excluding carboxylic acids is 1. The fourth-order valence-electron chi connectivity index (χ4n) is 1.06. The molecular formula is C8H12O10. The lowest BCUT2D eigenvalue weighted by Gasteiger charge is -2.27. The molecule has 0 aliphatic rings. The van der Waals surface area contributed by atoms with Crippen molar-refractivity contribution >= 4 is 18.6 Å². The zero-order valence-electron chi connectivity index (χ0n) is 8.87. The fraction of sp³-hybridized carbons (Fsp3) is 0.625. The van der Waals surface area contributed by atoms with E-state index in [2.05, 4.69) is 9.47 Å². The number of rotatable bonds is 7. The van der Waals surface area contributed by atoms with Gasteiger partial charge >= 0.3 is 12.3 Å². The van der Waals surface area contributed by atoms with E-state index in [1.54, 1.807) is 0 Å². The zero-order chi connectivity index (χ0) is 14.3. The van der Waals surface area contributed by atoms with Crippen LogP contribution in [0.5, 0.6) is 0 Å². The number of hydrogen-bond acceptors (Lipinski definition) is 8. The Hall–Kier alpha value is -1.91. The normalized spacial score (nSPS) is 17.1. The molecule has 0 rings (SSSR count). The van der Waals surface area contributed by atoms with Crippen molar-refractivity contribution in [1.82, 2.24) is 0 Å². The van der Waals surface area contributed by atoms with Crippen LogP contribution in [0, 0.1) is 0 Å². The average Bonchev–Trinajstić information content (AvgIpc) is 2.30. The van der Waals surface area contributed by atoms with Gasteiger partial charge in [0.15, 0.2) is 18.5 Å². The second-order valence-corrected chi connectivity index (χ2v) is 3.07. The van der Waals surface area contributed by atoms with Crippen LogP contribution in [0.25, 0.3) is 0 Å². The smallest absolute Gasteiger partial charge is 0.450 e. The van der Waals surface area contributed by atoms with E-state index in [4.69, 9.17) is 20.4 Å². The summed E-state index contributed by atoms with van der Waals surface area (Å²) >= 11 is 0. The molecule has 0 radical (unpaired) electrons. The maximum atomic E-state index is 10.6. The molecule has 0 aliphatic carbocycles. The number of aldehydes is 1. The van der Waals surface area contributed by atoms with Gasteiger partial charge in [-0.1, -0.05) is 0 Å². The second kappa shape index (κ2) is 7.42. The third-order valence-corrected chi connectivity index (χ3v) is 1.85. The van der Waals surface area contributed by atoms with E-state index in [9.17, 15) is 19.5 Å². The van der Waals surface area contributed by atoms with Crippen molar-refractivity contribution in [2.75, 3.05) is 6.61 Å². The van der Waals surface area contributed by atoms with Crippen LogP contribution in [0.2, 0.25) is 0 Å². The lowest BCUT2D eigenvalue weighted by molar-refractivity contribution is -0.143. The van der Waals surface area contributed by atoms with E-state index in [-0.39, 0.29) is 6.29 Å². The molecule has 10 heteroatoms. The van der Waals surface area contributed by atoms with Crippen LogP contribution < -0.4 is 0 Å². The number of ether oxygens (including phenoxy) is 2. The third kappa shape index (κ3) is 4.95. The number of aliphatic hydroxyl groups is 3. The largest absolute Gasteiger partial charge is 0.506 e. The summed E-state index contributed by atoms with van der Waals surface area (Å²) in [6.07, 6.45) is -11.8. The monoisotopic (exact) mass is 268 g/mol. The van der Waals surface area contributed by atoms with Gasteiger partial charge in [0.05, 0.1) is 6.61 Å². The molecule has 0 saturated carbocycles. The van der Waals surface area contributed by atoms with Gasteiger partial charge in [-0.3, -0.25) is 4.79 Å². The molecule has 0 aliphatic heterocycles. The van der Waals surface area contributed by atoms with Gasteiger partial charge < -0.3 is 35.0 Å². The van der Waals surface area contributed by atoms with Gasteiger partial charge in [0.25, 0.3) is 0 Å². The van der Waals surface area contributed by atoms with Crippen molar-refractivity contribution in [2.24, 2.45) is 0 Å². The van der Waals surface area contributed by atoms with Crippen LogP contribution in [-0.2, 0) is 14.3 Å². The molecule has 0 bridgehead atoms. The Labute approximate surface area is 100.0 Å². The predicted molar refractivity (Wildman–Crippen MR) is 51.0 cm³/mol. The third-order valence-electron chi connectivity index (χ3n) is 1.85. The summed E-state index contributed by atoms with van der Waals surface area (Å²) in [5.41, 5.74) is 0. The van der Waals surface area contributed by atoms with E-state index in [1.807, 2.05) is 0 Å². The summed E-state index contributed by atoms with van der Waals surface area (Å²) in [4.78, 5) is 31.1. The number of hydrogen-bond donors (Lipinski definition) is 5. The van der Waals surface area contributed by atoms with Crippen LogP contribution in [0.4, 0.5) is 9.59 Å². The predicted octanol–water partition coefficient (Wildman–Crippen LogP) is -1.97. The minimum absolute atomic E-state index is 0.116. The van der Waals surface area contributed by atoms with Crippen molar-refractivity contribution in [1.29, 1.82) is 0 Å². The van der Waals surface area contributed by atoms with Crippen molar-refractivity contribution in [2.45, 2.75) is 24.4 Å². The molecule has 5 N–H and O–H groups in total. The molecule has 0 aromatic carbocycles. The molecular weight excluding hydrogens is 256 g/mol. The molecule has 4 atom stereocenters. The highest BCUT2D eigenvalue weighted by Gasteiger charge is 2.38. The molecule has 10 nitrogen and oxygen atoms in total. The molecule has 0 amide bonds. The SMILES string of the molecule is O=C[C@H](OC(=O)O)[C@@H](OC(=O)O)[C@H](O)[C@H](O)CO. The first kappa shape index (κ1) is 16.1. The maximum absolute atomic E-state index is 10.6. The average molecular weight is 268 g/mol. The van der Waals surface area contributed by atoms with Crippen molar-refractivity contribution in [3.05, 3.63) is 0 Å². The summed E-state index contributed by atoms with van der Waals surface area (Å²) in [6, 6.07) is 0. The van der Waals surface area contributed by atoms with Gasteiger partial charge in [0.2, 0.25) is 0 Å². The Morgan fingerprint density at radius 3 is 1.94 bits per heavy atom. The van der Waals surface area contributed by atoms with E-state index in [0.717, 1.165) is 0 Å². The molecule has 104 valence electrons. The van der Waals surface area contributed by atoms with Gasteiger partial charge in [-0.05, 0) is 0 Å². The van der Waals surface area contributed by atoms with Crippen molar-refractivity contribution in [3.63, 3.8) is 0 Å². The van der Waals surface area contributed by atoms with Crippen molar-refractivity contribution in [3.8, 4) is 0 Å². The summed E-state index contributed by atoms with van der Waals surface area (Å²) in [5, 5.41) is 43.7. The van der Waals surface area contributed by atoms with Crippen LogP contribution in [0.3, 0.4) is 0 Å². The molecule has 0 fully saturated rings. The Morgan fingerprint density at radius 2 is 1.61 bits per heavy atom. The zero-order valence-corrected chi connectivity index (χ0v) is 8.87. The Balaban J connectivity index is 4.98. The van der Waals surface area contributed by atoms with Gasteiger partial charge in [-0.25, -0.2) is 9.59 Å². The van der Waals surface area contributed by atoms with Gasteiger partial charge in [0, 0.05) is 0 Å². The van der Waals surface area contributed by atoms with E-state index < -0.39 is 43.3 Å². The van der Waals surface area contributed by atoms with Gasteiger partial charge in [-0.15, -0.1) is 0 Å². The molecule has 0 spiro atoms. The Morgan fingerprint density at radius 1 is 1.11 bits per heavy atom. The van der Waals surface area contributed by atoms with Gasteiger partial charge in [0.1, 0.15) is 12.2 Å². The highest BCUT2D eigenvalue weighted by Crippen LogP contribution is 2.12. The quantitative estimate of drug-likeness (QED) is 0.257. The highest BCUT2D eigenvalue weighted by atomic mass is 16.7. The second-order valence-electron chi connectivity index (χ2n) is 3.07. The summed E-state index contributed by atoms with van der Waals surface area (Å²) < 4.78 is 8.05. The molecule has 0 heterocycles. The van der Waals surface area contributed by atoms with Crippen molar-refractivity contribution < 1.29 is 49.4 Å². The van der Waals surface area contributed by atoms with Crippen LogP contribution in [0.1, 0.15) is 0 Å². The minimum atomic E-state index is -2.04. The van der Waals surface area contributed by atoms with Crippen LogP contribution in [0.15, 0.2) is 0 Å². The molecule has 18 heavy (non-hydrogen) atoms. The molecule has 0 aromatic rings. The Kier molecular flexibility index (Phi) is 6.63. The molecule has 0 saturated heterocycles. The standard InChI is InChI=1S/C8H12O10/c9-1-3(11)5(12)6(18-8(15)16)4(2-10)17-7(13)14/h2-6,9,11-12H,1H2,(H,13,14)(H,15,16)/t3-,4+,5-,6-/m1/s1. The number of aliphatic hydroxyl groups excluding tert-OH is 3. The number of carboxylic acid groups (broad SMARTS) is 2. The van der Waals surface area contributed by atoms with E-state index >= 15 is 0 Å². The van der Waals surface area contributed by atoms with E-state index in [1.165, 1.54) is 0 Å². The first-order valence-corrected chi connectivity index (χ1v) is 4.55. The lowest BCUT2D eigenvalue weighted by Crippen LogP contribution is -2.50. The Bertz CT molecular complexity index is 302. The summed E-state index contributed by atoms with van der Waals surface area (Å²) in [7, 11) is 0. The summed E-state index contributed by atoms with van der Waals surface area (Å²) in [5.74, 6) is 0.